The topological polar surface area (TPSA) is 58.4 Å². The molecule has 0 unspecified atom stereocenters. The van der Waals surface area contributed by atoms with Gasteiger partial charge in [0, 0.05) is 31.7 Å². The van der Waals surface area contributed by atoms with Gasteiger partial charge in [0.1, 0.15) is 12.4 Å². The molecule has 0 radical (unpaired) electrons. The van der Waals surface area contributed by atoms with E-state index in [9.17, 15) is 14.0 Å². The molecule has 2 aliphatic heterocycles. The van der Waals surface area contributed by atoms with Gasteiger partial charge in [-0.3, -0.25) is 14.3 Å². The summed E-state index contributed by atoms with van der Waals surface area (Å²) in [7, 11) is 0. The number of carbonyl (C=O) groups is 2. The van der Waals surface area contributed by atoms with Gasteiger partial charge < -0.3 is 9.80 Å². The first-order valence-corrected chi connectivity index (χ1v) is 10.2. The third-order valence-electron chi connectivity index (χ3n) is 6.08. The maximum Gasteiger partial charge on any atom is 0.244 e. The molecule has 1 aromatic heterocycles. The molecule has 4 rings (SSSR count). The molecule has 0 N–H and O–H groups in total. The number of aromatic nitrogens is 2. The zero-order valence-electron chi connectivity index (χ0n) is 17.0. The minimum atomic E-state index is -0.297. The fourth-order valence-electron chi connectivity index (χ4n) is 4.64. The van der Waals surface area contributed by atoms with Crippen LogP contribution in [-0.2, 0) is 22.7 Å². The summed E-state index contributed by atoms with van der Waals surface area (Å²) in [6.45, 7) is 5.66. The minimum absolute atomic E-state index is 0.0160. The molecule has 2 aromatic rings. The molecule has 0 bridgehead atoms. The van der Waals surface area contributed by atoms with Gasteiger partial charge in [0.2, 0.25) is 11.8 Å². The van der Waals surface area contributed by atoms with Crippen LogP contribution >= 0.6 is 0 Å². The number of hydrogen-bond donors (Lipinski definition) is 0. The van der Waals surface area contributed by atoms with Crippen molar-refractivity contribution in [2.45, 2.75) is 52.2 Å². The Labute approximate surface area is 170 Å². The lowest BCUT2D eigenvalue weighted by atomic mass is 9.98. The van der Waals surface area contributed by atoms with E-state index in [2.05, 4.69) is 5.10 Å². The van der Waals surface area contributed by atoms with E-state index in [0.717, 1.165) is 29.8 Å². The molecule has 2 saturated heterocycles. The van der Waals surface area contributed by atoms with Crippen LogP contribution in [0.1, 0.15) is 36.2 Å². The van der Waals surface area contributed by atoms with Crippen LogP contribution in [0.3, 0.4) is 0 Å². The summed E-state index contributed by atoms with van der Waals surface area (Å²) >= 11 is 0. The van der Waals surface area contributed by atoms with Gasteiger partial charge in [0.05, 0.1) is 11.7 Å². The van der Waals surface area contributed by atoms with Gasteiger partial charge in [0.25, 0.3) is 0 Å². The molecule has 2 atom stereocenters. The number of likely N-dealkylation sites (tertiary alicyclic amines) is 2. The van der Waals surface area contributed by atoms with Crippen molar-refractivity contribution in [3.05, 3.63) is 53.1 Å². The van der Waals surface area contributed by atoms with E-state index in [1.807, 2.05) is 35.8 Å². The highest BCUT2D eigenvalue weighted by atomic mass is 19.1. The molecular formula is C22H27FN4O2. The molecule has 2 aliphatic rings. The van der Waals surface area contributed by atoms with Crippen molar-refractivity contribution in [2.75, 3.05) is 13.1 Å². The van der Waals surface area contributed by atoms with Crippen LogP contribution in [0.4, 0.5) is 4.39 Å². The maximum absolute atomic E-state index is 13.6. The third kappa shape index (κ3) is 4.18. The zero-order valence-corrected chi connectivity index (χ0v) is 17.0. The van der Waals surface area contributed by atoms with E-state index < -0.39 is 0 Å². The predicted octanol–water partition coefficient (Wildman–Crippen LogP) is 2.68. The number of aryl methyl sites for hydroxylation is 2. The number of halogens is 1. The summed E-state index contributed by atoms with van der Waals surface area (Å²) in [6.07, 6.45) is 2.28. The van der Waals surface area contributed by atoms with Gasteiger partial charge in [-0.05, 0) is 56.4 Å². The lowest BCUT2D eigenvalue weighted by Crippen LogP contribution is -2.43. The number of rotatable bonds is 4. The average molecular weight is 398 g/mol. The Morgan fingerprint density at radius 2 is 2.07 bits per heavy atom. The monoisotopic (exact) mass is 398 g/mol. The van der Waals surface area contributed by atoms with Gasteiger partial charge in [-0.2, -0.15) is 5.10 Å². The molecule has 2 fully saturated rings. The van der Waals surface area contributed by atoms with Crippen LogP contribution in [0.15, 0.2) is 30.3 Å². The van der Waals surface area contributed by atoms with E-state index in [1.54, 1.807) is 10.7 Å². The summed E-state index contributed by atoms with van der Waals surface area (Å²) in [4.78, 5) is 29.4. The van der Waals surface area contributed by atoms with E-state index in [1.165, 1.54) is 12.1 Å². The molecule has 29 heavy (non-hydrogen) atoms. The first-order chi connectivity index (χ1) is 13.9. The summed E-state index contributed by atoms with van der Waals surface area (Å²) in [5.74, 6) is 0.0888. The Morgan fingerprint density at radius 3 is 2.79 bits per heavy atom. The standard InChI is InChI=1S/C22H27FN4O2/c1-15-9-16(2)27(24-15)14-22(29)25-12-18-6-4-8-21(28)26(20(18)13-25)11-17-5-3-7-19(23)10-17/h3,5,7,9-10,18,20H,4,6,8,11-14H2,1-2H3/t18-,20+/m1/s1. The van der Waals surface area contributed by atoms with Crippen LogP contribution in [0, 0.1) is 25.6 Å². The number of amides is 2. The van der Waals surface area contributed by atoms with Gasteiger partial charge in [0.15, 0.2) is 0 Å². The number of fused-ring (bicyclic) bond motifs is 1. The Kier molecular flexibility index (Phi) is 5.39. The van der Waals surface area contributed by atoms with Gasteiger partial charge in [-0.1, -0.05) is 12.1 Å². The second kappa shape index (κ2) is 7.97. The lowest BCUT2D eigenvalue weighted by molar-refractivity contribution is -0.135. The molecule has 1 aromatic carbocycles. The first kappa shape index (κ1) is 19.6. The molecular weight excluding hydrogens is 371 g/mol. The van der Waals surface area contributed by atoms with Crippen molar-refractivity contribution in [3.63, 3.8) is 0 Å². The Balaban J connectivity index is 1.49. The van der Waals surface area contributed by atoms with E-state index in [0.29, 0.717) is 26.1 Å². The second-order valence-electron chi connectivity index (χ2n) is 8.25. The average Bonchev–Trinajstić information content (AvgIpc) is 3.18. The molecule has 154 valence electrons. The number of nitrogens with zero attached hydrogens (tertiary/aromatic N) is 4. The highest BCUT2D eigenvalue weighted by Gasteiger charge is 2.41. The smallest absolute Gasteiger partial charge is 0.244 e. The van der Waals surface area contributed by atoms with Crippen molar-refractivity contribution in [3.8, 4) is 0 Å². The SMILES string of the molecule is Cc1cc(C)n(CC(=O)N2C[C@H]3CCCC(=O)N(Cc4cccc(F)c4)[C@H]3C2)n1. The van der Waals surface area contributed by atoms with Crippen LogP contribution in [0.25, 0.3) is 0 Å². The van der Waals surface area contributed by atoms with Crippen LogP contribution in [0.2, 0.25) is 0 Å². The summed E-state index contributed by atoms with van der Waals surface area (Å²) in [6, 6.07) is 8.35. The Hall–Kier alpha value is -2.70. The van der Waals surface area contributed by atoms with Gasteiger partial charge in [-0.25, -0.2) is 4.39 Å². The molecule has 3 heterocycles. The van der Waals surface area contributed by atoms with Gasteiger partial charge in [-0.15, -0.1) is 0 Å². The fourth-order valence-corrected chi connectivity index (χ4v) is 4.64. The molecule has 2 amide bonds. The number of hydrogen-bond acceptors (Lipinski definition) is 3. The van der Waals surface area contributed by atoms with Crippen molar-refractivity contribution in [1.82, 2.24) is 19.6 Å². The van der Waals surface area contributed by atoms with Gasteiger partial charge >= 0.3 is 0 Å². The van der Waals surface area contributed by atoms with Crippen molar-refractivity contribution in [2.24, 2.45) is 5.92 Å². The number of carbonyl (C=O) groups excluding carboxylic acids is 2. The predicted molar refractivity (Wildman–Crippen MR) is 106 cm³/mol. The molecule has 0 saturated carbocycles. The summed E-state index contributed by atoms with van der Waals surface area (Å²) in [5.41, 5.74) is 2.65. The third-order valence-corrected chi connectivity index (χ3v) is 6.08. The van der Waals surface area contributed by atoms with E-state index >= 15 is 0 Å². The van der Waals surface area contributed by atoms with Crippen LogP contribution in [0.5, 0.6) is 0 Å². The van der Waals surface area contributed by atoms with E-state index in [4.69, 9.17) is 0 Å². The Bertz CT molecular complexity index is 925. The normalized spacial score (nSPS) is 22.0. The van der Waals surface area contributed by atoms with E-state index in [-0.39, 0.29) is 36.1 Å². The maximum atomic E-state index is 13.6. The van der Waals surface area contributed by atoms with Crippen molar-refractivity contribution >= 4 is 11.8 Å². The lowest BCUT2D eigenvalue weighted by Gasteiger charge is -2.30. The molecule has 6 nitrogen and oxygen atoms in total. The second-order valence-corrected chi connectivity index (χ2v) is 8.25. The molecule has 0 spiro atoms. The van der Waals surface area contributed by atoms with Crippen molar-refractivity contribution in [1.29, 1.82) is 0 Å². The minimum Gasteiger partial charge on any atom is -0.339 e. The largest absolute Gasteiger partial charge is 0.339 e. The Morgan fingerprint density at radius 1 is 1.24 bits per heavy atom. The van der Waals surface area contributed by atoms with Crippen LogP contribution in [-0.4, -0.2) is 50.5 Å². The number of benzene rings is 1. The quantitative estimate of drug-likeness (QED) is 0.796. The zero-order chi connectivity index (χ0) is 20.5. The molecule has 0 aliphatic carbocycles. The summed E-state index contributed by atoms with van der Waals surface area (Å²) < 4.78 is 15.3. The van der Waals surface area contributed by atoms with Crippen molar-refractivity contribution < 1.29 is 14.0 Å². The first-order valence-electron chi connectivity index (χ1n) is 10.2. The van der Waals surface area contributed by atoms with Crippen LogP contribution < -0.4 is 0 Å². The fraction of sp³-hybridized carbons (Fsp3) is 0.500. The molecule has 7 heteroatoms. The highest BCUT2D eigenvalue weighted by molar-refractivity contribution is 5.78. The highest BCUT2D eigenvalue weighted by Crippen LogP contribution is 2.32. The summed E-state index contributed by atoms with van der Waals surface area (Å²) in [5, 5.41) is 4.39.